The second-order valence-electron chi connectivity index (χ2n) is 16.5. The van der Waals surface area contributed by atoms with Gasteiger partial charge in [0, 0.05) is 39.4 Å². The van der Waals surface area contributed by atoms with Crippen molar-refractivity contribution in [2.45, 2.75) is 69.2 Å². The van der Waals surface area contributed by atoms with Crippen LogP contribution in [-0.4, -0.2) is 61.7 Å². The fourth-order valence-electron chi connectivity index (χ4n) is 9.74. The number of amides is 3. The number of aliphatic hydroxyl groups is 1. The quantitative estimate of drug-likeness (QED) is 0.0985. The second kappa shape index (κ2) is 16.1. The third kappa shape index (κ3) is 7.37. The van der Waals surface area contributed by atoms with E-state index in [4.69, 9.17) is 15.2 Å². The standard InChI is InChI=1S/C47H49BrN4O6Si/c1-29-44(59(3,4)39-19-17-38(57-2)18-20-39)42(25-43(54)51-27-33-10-6-5-9-32(33)23-37(51)28-53)58-47(29)40-24-34(48)14-21-41(40)52(46(47)56)26-30-8-7-11-36(22-30)50-45(55)31-12-15-35(49)16-13-31/h5-22,24,29,37,42,44,53H,23,25-28,49H2,1-4H3,(H,50,55)/t29-,37+,42+,44-,47+/m1/s1. The summed E-state index contributed by atoms with van der Waals surface area (Å²) in [4.78, 5) is 46.7. The summed E-state index contributed by atoms with van der Waals surface area (Å²) in [7, 11) is -0.898. The van der Waals surface area contributed by atoms with E-state index < -0.39 is 19.8 Å². The molecule has 304 valence electrons. The summed E-state index contributed by atoms with van der Waals surface area (Å²) in [5.74, 6) is -0.125. The topological polar surface area (TPSA) is 134 Å². The van der Waals surface area contributed by atoms with E-state index in [2.05, 4.69) is 59.5 Å². The number of anilines is 3. The highest BCUT2D eigenvalue weighted by Crippen LogP contribution is 2.60. The minimum atomic E-state index is -2.55. The van der Waals surface area contributed by atoms with Crippen molar-refractivity contribution >= 4 is 64.0 Å². The molecule has 5 atom stereocenters. The number of rotatable bonds is 10. The minimum Gasteiger partial charge on any atom is -0.497 e. The van der Waals surface area contributed by atoms with Crippen molar-refractivity contribution in [1.82, 2.24) is 4.90 Å². The summed E-state index contributed by atoms with van der Waals surface area (Å²) >= 11 is 3.70. The van der Waals surface area contributed by atoms with Crippen molar-refractivity contribution in [1.29, 1.82) is 0 Å². The maximum atomic E-state index is 15.4. The van der Waals surface area contributed by atoms with Crippen LogP contribution in [0.3, 0.4) is 0 Å². The molecule has 1 saturated heterocycles. The number of ether oxygens (including phenoxy) is 2. The predicted molar refractivity (Wildman–Crippen MR) is 236 cm³/mol. The van der Waals surface area contributed by atoms with Crippen LogP contribution in [0.25, 0.3) is 0 Å². The molecule has 3 amide bonds. The average molecular weight is 874 g/mol. The first-order chi connectivity index (χ1) is 28.3. The van der Waals surface area contributed by atoms with Gasteiger partial charge in [0.1, 0.15) is 5.75 Å². The van der Waals surface area contributed by atoms with Gasteiger partial charge in [-0.1, -0.05) is 89.7 Å². The van der Waals surface area contributed by atoms with Crippen LogP contribution in [0.15, 0.2) is 120 Å². The molecule has 0 bridgehead atoms. The van der Waals surface area contributed by atoms with E-state index in [0.717, 1.165) is 38.2 Å². The number of nitrogens with zero attached hydrogens (tertiary/aromatic N) is 2. The van der Waals surface area contributed by atoms with E-state index in [9.17, 15) is 14.7 Å². The Morgan fingerprint density at radius 1 is 0.966 bits per heavy atom. The lowest BCUT2D eigenvalue weighted by Gasteiger charge is -2.39. The van der Waals surface area contributed by atoms with Crippen LogP contribution in [0.5, 0.6) is 5.75 Å². The Labute approximate surface area is 354 Å². The fraction of sp³-hybridized carbons (Fsp3) is 0.298. The Bertz CT molecular complexity index is 2410. The van der Waals surface area contributed by atoms with Crippen molar-refractivity contribution in [2.24, 2.45) is 5.92 Å². The van der Waals surface area contributed by atoms with E-state index in [1.165, 1.54) is 5.19 Å². The monoisotopic (exact) mass is 872 g/mol. The molecule has 3 aliphatic heterocycles. The van der Waals surface area contributed by atoms with E-state index in [1.807, 2.05) is 72.8 Å². The lowest BCUT2D eigenvalue weighted by molar-refractivity contribution is -0.151. The number of carbonyl (C=O) groups is 3. The molecule has 10 nitrogen and oxygen atoms in total. The number of hydrogen-bond donors (Lipinski definition) is 3. The first kappa shape index (κ1) is 40.5. The van der Waals surface area contributed by atoms with Crippen LogP contribution in [-0.2, 0) is 39.4 Å². The molecule has 4 N–H and O–H groups in total. The van der Waals surface area contributed by atoms with Crippen LogP contribution < -0.4 is 25.9 Å². The van der Waals surface area contributed by atoms with Crippen LogP contribution in [0.2, 0.25) is 18.6 Å². The lowest BCUT2D eigenvalue weighted by atomic mass is 9.82. The molecule has 0 radical (unpaired) electrons. The van der Waals surface area contributed by atoms with Gasteiger partial charge in [0.05, 0.1) is 52.6 Å². The van der Waals surface area contributed by atoms with E-state index >= 15 is 4.79 Å². The van der Waals surface area contributed by atoms with E-state index in [1.54, 1.807) is 41.2 Å². The van der Waals surface area contributed by atoms with Gasteiger partial charge in [-0.05, 0) is 95.4 Å². The first-order valence-corrected chi connectivity index (χ1v) is 23.9. The third-order valence-corrected chi connectivity index (χ3v) is 17.6. The normalized spacial score (nSPS) is 22.3. The van der Waals surface area contributed by atoms with E-state index in [-0.39, 0.29) is 54.8 Å². The summed E-state index contributed by atoms with van der Waals surface area (Å²) in [6.07, 6.45) is 0.0373. The predicted octanol–water partition coefficient (Wildman–Crippen LogP) is 7.39. The zero-order valence-corrected chi connectivity index (χ0v) is 36.2. The Hall–Kier alpha value is -5.27. The number of aliphatic hydroxyl groups excluding tert-OH is 1. The number of hydrogen-bond acceptors (Lipinski definition) is 7. The van der Waals surface area contributed by atoms with Crippen LogP contribution >= 0.6 is 15.9 Å². The van der Waals surface area contributed by atoms with Gasteiger partial charge in [0.25, 0.3) is 11.8 Å². The van der Waals surface area contributed by atoms with Crippen molar-refractivity contribution in [3.05, 3.63) is 148 Å². The molecule has 0 aromatic heterocycles. The van der Waals surface area contributed by atoms with Crippen molar-refractivity contribution in [3.8, 4) is 5.75 Å². The Morgan fingerprint density at radius 2 is 1.69 bits per heavy atom. The van der Waals surface area contributed by atoms with Gasteiger partial charge >= 0.3 is 0 Å². The number of nitrogen functional groups attached to an aromatic ring is 1. The average Bonchev–Trinajstić information content (AvgIpc) is 3.65. The lowest BCUT2D eigenvalue weighted by Crippen LogP contribution is -2.52. The maximum absolute atomic E-state index is 15.4. The first-order valence-electron chi connectivity index (χ1n) is 20.0. The van der Waals surface area contributed by atoms with Crippen molar-refractivity contribution in [3.63, 3.8) is 0 Å². The van der Waals surface area contributed by atoms with Gasteiger partial charge in [-0.3, -0.25) is 14.4 Å². The summed E-state index contributed by atoms with van der Waals surface area (Å²) in [6.45, 7) is 7.19. The van der Waals surface area contributed by atoms with Gasteiger partial charge in [0.15, 0.2) is 5.60 Å². The molecule has 1 fully saturated rings. The van der Waals surface area contributed by atoms with Crippen LogP contribution in [0.1, 0.15) is 46.0 Å². The summed E-state index contributed by atoms with van der Waals surface area (Å²) in [5.41, 5.74) is 10.5. The molecule has 8 rings (SSSR count). The summed E-state index contributed by atoms with van der Waals surface area (Å²) in [5, 5.41) is 14.7. The molecular formula is C47H49BrN4O6Si. The number of benzene rings is 5. The fourth-order valence-corrected chi connectivity index (χ4v) is 14.1. The van der Waals surface area contributed by atoms with Gasteiger partial charge in [-0.2, -0.15) is 0 Å². The van der Waals surface area contributed by atoms with Crippen LogP contribution in [0, 0.1) is 5.92 Å². The third-order valence-electron chi connectivity index (χ3n) is 12.8. The van der Waals surface area contributed by atoms with Crippen LogP contribution in [0.4, 0.5) is 17.1 Å². The Balaban J connectivity index is 1.15. The van der Waals surface area contributed by atoms with Gasteiger partial charge < -0.3 is 35.4 Å². The molecule has 1 spiro atoms. The SMILES string of the molecule is COc1ccc([Si](C)(C)[C@H]2[C@H](CC(=O)N3Cc4ccccc4C[C@H]3CO)O[C@@]3(C(=O)N(Cc4cccc(NC(=O)c5ccc(N)cc5)c4)c4ccc(Br)cc43)[C@@H]2C)cc1. The van der Waals surface area contributed by atoms with Crippen molar-refractivity contribution in [2.75, 3.05) is 29.7 Å². The molecular weight excluding hydrogens is 825 g/mol. The molecule has 5 aromatic carbocycles. The highest BCUT2D eigenvalue weighted by Gasteiger charge is 2.66. The largest absolute Gasteiger partial charge is 0.497 e. The highest BCUT2D eigenvalue weighted by molar-refractivity contribution is 9.10. The van der Waals surface area contributed by atoms with Gasteiger partial charge in [-0.25, -0.2) is 0 Å². The number of nitrogens with two attached hydrogens (primary N) is 1. The number of nitrogens with one attached hydrogen (secondary N) is 1. The molecule has 0 unspecified atom stereocenters. The van der Waals surface area contributed by atoms with Gasteiger partial charge in [-0.15, -0.1) is 0 Å². The maximum Gasteiger partial charge on any atom is 0.264 e. The summed E-state index contributed by atoms with van der Waals surface area (Å²) < 4.78 is 13.6. The number of carbonyl (C=O) groups excluding carboxylic acids is 3. The molecule has 0 saturated carbocycles. The molecule has 0 aliphatic carbocycles. The molecule has 12 heteroatoms. The molecule has 3 heterocycles. The molecule has 3 aliphatic rings. The smallest absolute Gasteiger partial charge is 0.264 e. The Morgan fingerprint density at radius 3 is 2.41 bits per heavy atom. The second-order valence-corrected chi connectivity index (χ2v) is 22.1. The zero-order valence-electron chi connectivity index (χ0n) is 33.7. The number of methoxy groups -OCH3 is 1. The number of halogens is 1. The molecule has 5 aromatic rings. The van der Waals surface area contributed by atoms with Gasteiger partial charge in [0.2, 0.25) is 5.91 Å². The highest BCUT2D eigenvalue weighted by atomic mass is 79.9. The zero-order chi connectivity index (χ0) is 41.6. The van der Waals surface area contributed by atoms with E-state index in [0.29, 0.717) is 29.9 Å². The minimum absolute atomic E-state index is 0.0639. The Kier molecular flexibility index (Phi) is 11.0. The summed E-state index contributed by atoms with van der Waals surface area (Å²) in [6, 6.07) is 36.0. The van der Waals surface area contributed by atoms with Crippen molar-refractivity contribution < 1.29 is 29.0 Å². The number of fused-ring (bicyclic) bond motifs is 3. The molecule has 59 heavy (non-hydrogen) atoms.